The number of rotatable bonds is 2. The summed E-state index contributed by atoms with van der Waals surface area (Å²) in [4.78, 5) is 11.7. The number of nitrogens with one attached hydrogen (secondary N) is 1. The third-order valence-corrected chi connectivity index (χ3v) is 4.01. The fourth-order valence-electron chi connectivity index (χ4n) is 3.20. The molecular formula is C13H16ClNO2. The molecule has 0 atom stereocenters. The number of hydrogen-bond acceptors (Lipinski definition) is 3. The number of esters is 1. The molecule has 1 aromatic rings. The molecule has 0 unspecified atom stereocenters. The molecular weight excluding hydrogens is 238 g/mol. The number of hydrogen-bond donors (Lipinski definition) is 1. The minimum absolute atomic E-state index is 0. The SMILES string of the molecule is COC(=O)C12CC(c3ccccc3)(CN1)C2.Cl. The molecule has 1 N–H and O–H groups in total. The highest BCUT2D eigenvalue weighted by molar-refractivity contribution is 5.85. The molecule has 17 heavy (non-hydrogen) atoms. The molecule has 1 aromatic carbocycles. The van der Waals surface area contributed by atoms with E-state index < -0.39 is 5.54 Å². The van der Waals surface area contributed by atoms with E-state index in [-0.39, 0.29) is 23.8 Å². The maximum atomic E-state index is 11.7. The maximum Gasteiger partial charge on any atom is 0.326 e. The molecule has 0 aromatic heterocycles. The molecule has 1 saturated carbocycles. The fraction of sp³-hybridized carbons (Fsp3) is 0.462. The van der Waals surface area contributed by atoms with E-state index in [1.54, 1.807) is 0 Å². The van der Waals surface area contributed by atoms with Crippen LogP contribution < -0.4 is 5.32 Å². The van der Waals surface area contributed by atoms with E-state index in [0.29, 0.717) is 0 Å². The van der Waals surface area contributed by atoms with Crippen LogP contribution in [-0.2, 0) is 14.9 Å². The van der Waals surface area contributed by atoms with Crippen molar-refractivity contribution in [3.05, 3.63) is 35.9 Å². The number of methoxy groups -OCH3 is 1. The minimum atomic E-state index is -0.398. The normalized spacial score (nSPS) is 33.5. The third kappa shape index (κ3) is 1.57. The second kappa shape index (κ2) is 4.00. The molecule has 2 bridgehead atoms. The van der Waals surface area contributed by atoms with E-state index in [4.69, 9.17) is 4.74 Å². The Morgan fingerprint density at radius 3 is 2.53 bits per heavy atom. The van der Waals surface area contributed by atoms with Gasteiger partial charge in [-0.05, 0) is 18.4 Å². The van der Waals surface area contributed by atoms with Gasteiger partial charge in [-0.1, -0.05) is 30.3 Å². The lowest BCUT2D eigenvalue weighted by Crippen LogP contribution is -2.56. The lowest BCUT2D eigenvalue weighted by Gasteiger charge is -2.44. The van der Waals surface area contributed by atoms with Crippen LogP contribution in [-0.4, -0.2) is 25.2 Å². The van der Waals surface area contributed by atoms with Crippen molar-refractivity contribution < 1.29 is 9.53 Å². The van der Waals surface area contributed by atoms with Gasteiger partial charge in [0.1, 0.15) is 5.54 Å². The Labute approximate surface area is 107 Å². The minimum Gasteiger partial charge on any atom is -0.468 e. The van der Waals surface area contributed by atoms with Gasteiger partial charge in [-0.15, -0.1) is 12.4 Å². The molecule has 3 nitrogen and oxygen atoms in total. The van der Waals surface area contributed by atoms with Crippen molar-refractivity contribution in [2.24, 2.45) is 0 Å². The first-order valence-corrected chi connectivity index (χ1v) is 5.60. The Hall–Kier alpha value is -1.06. The first-order valence-electron chi connectivity index (χ1n) is 5.60. The van der Waals surface area contributed by atoms with Gasteiger partial charge in [-0.2, -0.15) is 0 Å². The summed E-state index contributed by atoms with van der Waals surface area (Å²) in [6.07, 6.45) is 1.74. The molecule has 0 amide bonds. The molecule has 1 aliphatic carbocycles. The summed E-state index contributed by atoms with van der Waals surface area (Å²) < 4.78 is 4.85. The zero-order valence-corrected chi connectivity index (χ0v) is 10.5. The topological polar surface area (TPSA) is 38.3 Å². The van der Waals surface area contributed by atoms with E-state index in [9.17, 15) is 4.79 Å². The maximum absolute atomic E-state index is 11.7. The standard InChI is InChI=1S/C13H15NO2.ClH/c1-16-11(15)13-7-12(8-13,9-14-13)10-5-3-2-4-6-10;/h2-6,14H,7-9H2,1H3;1H. The number of ether oxygens (including phenoxy) is 1. The van der Waals surface area contributed by atoms with Crippen molar-refractivity contribution in [1.29, 1.82) is 0 Å². The Morgan fingerprint density at radius 2 is 1.94 bits per heavy atom. The number of carbonyl (C=O) groups is 1. The van der Waals surface area contributed by atoms with Crippen molar-refractivity contribution in [2.45, 2.75) is 23.8 Å². The summed E-state index contributed by atoms with van der Waals surface area (Å²) in [6.45, 7) is 0.881. The van der Waals surface area contributed by atoms with Crippen LogP contribution in [0.25, 0.3) is 0 Å². The quantitative estimate of drug-likeness (QED) is 0.815. The first kappa shape index (κ1) is 12.4. The Morgan fingerprint density at radius 1 is 1.29 bits per heavy atom. The Balaban J connectivity index is 0.00000108. The second-order valence-electron chi connectivity index (χ2n) is 4.93. The Bertz CT molecular complexity index is 426. The molecule has 2 aliphatic heterocycles. The molecule has 92 valence electrons. The largest absolute Gasteiger partial charge is 0.468 e. The molecule has 0 radical (unpaired) electrons. The zero-order chi connectivity index (χ0) is 11.2. The predicted octanol–water partition coefficient (Wildman–Crippen LogP) is 1.65. The zero-order valence-electron chi connectivity index (χ0n) is 9.73. The highest BCUT2D eigenvalue weighted by atomic mass is 35.5. The van der Waals surface area contributed by atoms with Gasteiger partial charge in [0.25, 0.3) is 0 Å². The van der Waals surface area contributed by atoms with Gasteiger partial charge in [-0.25, -0.2) is 0 Å². The van der Waals surface area contributed by atoms with E-state index in [0.717, 1.165) is 19.4 Å². The highest BCUT2D eigenvalue weighted by Crippen LogP contribution is 2.55. The summed E-state index contributed by atoms with van der Waals surface area (Å²) in [5.74, 6) is -0.114. The summed E-state index contributed by atoms with van der Waals surface area (Å²) in [5.41, 5.74) is 1.10. The number of halogens is 1. The molecule has 4 heteroatoms. The van der Waals surface area contributed by atoms with Crippen LogP contribution in [0.4, 0.5) is 0 Å². The molecule has 2 saturated heterocycles. The monoisotopic (exact) mass is 253 g/mol. The average Bonchev–Trinajstić information content (AvgIpc) is 2.86. The van der Waals surface area contributed by atoms with Crippen molar-refractivity contribution in [3.63, 3.8) is 0 Å². The van der Waals surface area contributed by atoms with Crippen LogP contribution in [0.5, 0.6) is 0 Å². The smallest absolute Gasteiger partial charge is 0.326 e. The van der Waals surface area contributed by atoms with Gasteiger partial charge in [0.15, 0.2) is 0 Å². The molecule has 3 aliphatic rings. The van der Waals surface area contributed by atoms with Crippen LogP contribution in [0.15, 0.2) is 30.3 Å². The van der Waals surface area contributed by atoms with E-state index in [2.05, 4.69) is 29.6 Å². The van der Waals surface area contributed by atoms with Crippen LogP contribution in [0.3, 0.4) is 0 Å². The van der Waals surface area contributed by atoms with E-state index in [1.807, 2.05) is 6.07 Å². The van der Waals surface area contributed by atoms with Gasteiger partial charge in [0.2, 0.25) is 0 Å². The van der Waals surface area contributed by atoms with Gasteiger partial charge in [-0.3, -0.25) is 4.79 Å². The second-order valence-corrected chi connectivity index (χ2v) is 4.93. The molecule has 3 fully saturated rings. The third-order valence-electron chi connectivity index (χ3n) is 4.01. The summed E-state index contributed by atoms with van der Waals surface area (Å²) in [5, 5.41) is 3.32. The number of carbonyl (C=O) groups excluding carboxylic acids is 1. The molecule has 0 spiro atoms. The van der Waals surface area contributed by atoms with Crippen molar-refractivity contribution in [1.82, 2.24) is 5.32 Å². The highest BCUT2D eigenvalue weighted by Gasteiger charge is 2.65. The van der Waals surface area contributed by atoms with Crippen LogP contribution in [0.2, 0.25) is 0 Å². The summed E-state index contributed by atoms with van der Waals surface area (Å²) >= 11 is 0. The van der Waals surface area contributed by atoms with Gasteiger partial charge in [0, 0.05) is 12.0 Å². The Kier molecular flexibility index (Phi) is 2.92. The lowest BCUT2D eigenvalue weighted by atomic mass is 9.59. The van der Waals surface area contributed by atoms with E-state index >= 15 is 0 Å². The summed E-state index contributed by atoms with van der Waals surface area (Å²) in [6, 6.07) is 10.4. The molecule has 4 rings (SSSR count). The number of fused-ring (bicyclic) bond motifs is 1. The average molecular weight is 254 g/mol. The van der Waals surface area contributed by atoms with Crippen molar-refractivity contribution in [2.75, 3.05) is 13.7 Å². The van der Waals surface area contributed by atoms with Crippen LogP contribution in [0, 0.1) is 0 Å². The lowest BCUT2D eigenvalue weighted by molar-refractivity contribution is -0.151. The van der Waals surface area contributed by atoms with E-state index in [1.165, 1.54) is 12.7 Å². The number of benzene rings is 1. The van der Waals surface area contributed by atoms with Crippen molar-refractivity contribution >= 4 is 18.4 Å². The first-order chi connectivity index (χ1) is 7.71. The van der Waals surface area contributed by atoms with Gasteiger partial charge >= 0.3 is 5.97 Å². The fourth-order valence-corrected chi connectivity index (χ4v) is 3.20. The van der Waals surface area contributed by atoms with Crippen molar-refractivity contribution in [3.8, 4) is 0 Å². The van der Waals surface area contributed by atoms with Gasteiger partial charge < -0.3 is 10.1 Å². The summed E-state index contributed by atoms with van der Waals surface area (Å²) in [7, 11) is 1.46. The van der Waals surface area contributed by atoms with Crippen LogP contribution >= 0.6 is 12.4 Å². The van der Waals surface area contributed by atoms with Gasteiger partial charge in [0.05, 0.1) is 7.11 Å². The van der Waals surface area contributed by atoms with Crippen LogP contribution in [0.1, 0.15) is 18.4 Å². The predicted molar refractivity (Wildman–Crippen MR) is 67.4 cm³/mol. The molecule has 2 heterocycles.